The molecule has 0 spiro atoms. The number of carbonyl (C=O) groups is 4. The largest absolute Gasteiger partial charge is 0.453 e. The van der Waals surface area contributed by atoms with Gasteiger partial charge in [0.05, 0.1) is 25.3 Å². The number of hydrogen-bond acceptors (Lipinski definition) is 10. The van der Waals surface area contributed by atoms with Gasteiger partial charge in [0.25, 0.3) is 5.91 Å². The van der Waals surface area contributed by atoms with Crippen LogP contribution in [0.1, 0.15) is 85.8 Å². The van der Waals surface area contributed by atoms with Gasteiger partial charge in [-0.05, 0) is 75.6 Å². The van der Waals surface area contributed by atoms with Crippen LogP contribution in [-0.2, 0) is 28.5 Å². The highest BCUT2D eigenvalue weighted by molar-refractivity contribution is 5.87. The van der Waals surface area contributed by atoms with Crippen LogP contribution in [0.25, 0.3) is 0 Å². The molecule has 0 saturated carbocycles. The molecule has 4 heterocycles. The van der Waals surface area contributed by atoms with E-state index in [1.165, 1.54) is 21.3 Å². The normalized spacial score (nSPS) is 18.8. The van der Waals surface area contributed by atoms with Gasteiger partial charge < -0.3 is 49.8 Å². The van der Waals surface area contributed by atoms with Crippen molar-refractivity contribution >= 4 is 24.0 Å². The first kappa shape index (κ1) is 38.4. The number of carbonyl (C=O) groups excluding carboxylic acids is 4. The maximum Gasteiger partial charge on any atom is 0.407 e. The molecule has 53 heavy (non-hydrogen) atoms. The van der Waals surface area contributed by atoms with Gasteiger partial charge in [-0.15, -0.1) is 0 Å². The number of rotatable bonds is 10. The van der Waals surface area contributed by atoms with Crippen LogP contribution in [0.2, 0.25) is 0 Å². The predicted molar refractivity (Wildman–Crippen MR) is 190 cm³/mol. The number of likely N-dealkylation sites (tertiary alicyclic amines) is 2. The van der Waals surface area contributed by atoms with Crippen molar-refractivity contribution in [1.82, 2.24) is 35.1 Å². The fourth-order valence-electron chi connectivity index (χ4n) is 6.32. The molecular formula is C37H44N8O8. The quantitative estimate of drug-likeness (QED) is 0.224. The predicted octanol–water partition coefficient (Wildman–Crippen LogP) is 2.52. The molecule has 16 nitrogen and oxygen atoms in total. The van der Waals surface area contributed by atoms with Crippen LogP contribution in [0.5, 0.6) is 0 Å². The number of nitrogens with two attached hydrogens (primary N) is 1. The fourth-order valence-corrected chi connectivity index (χ4v) is 6.32. The Morgan fingerprint density at radius 1 is 0.792 bits per heavy atom. The molecule has 2 fully saturated rings. The standard InChI is InChI=1S/C37H44N8O8/c1-22(50-3)30(43-37(49)52-5)34(46)44-18-6-8-28(44)32-39-20-26(41-32)16-14-24-10-12-25(13-11-24)15-17-27-21-40-33(42-27)29-9-7-19-45(29)35(47)31(23(2)51-4)53-36(38)48/h10-13,20-23,28-31H,6-9,18-19H2,1-5H3,(H2,38,48)(H,39,41)(H,40,42)(H,43,49)/t22?,23-,28+,29+,30+,31+/m1/s1. The first-order chi connectivity index (χ1) is 25.5. The number of aromatic amines is 2. The van der Waals surface area contributed by atoms with Gasteiger partial charge in [-0.3, -0.25) is 9.59 Å². The molecule has 1 aromatic carbocycles. The van der Waals surface area contributed by atoms with E-state index in [2.05, 4.69) is 48.9 Å². The summed E-state index contributed by atoms with van der Waals surface area (Å²) < 4.78 is 20.4. The third-order valence-corrected chi connectivity index (χ3v) is 9.30. The molecule has 0 radical (unpaired) electrons. The molecule has 5 N–H and O–H groups in total. The van der Waals surface area contributed by atoms with E-state index in [-0.39, 0.29) is 18.0 Å². The average Bonchev–Trinajstić information content (AvgIpc) is 4.00. The molecule has 0 aliphatic carbocycles. The van der Waals surface area contributed by atoms with Crippen LogP contribution < -0.4 is 11.1 Å². The van der Waals surface area contributed by atoms with Gasteiger partial charge in [0.2, 0.25) is 12.0 Å². The van der Waals surface area contributed by atoms with E-state index < -0.39 is 42.4 Å². The number of imidazole rings is 2. The lowest BCUT2D eigenvalue weighted by Crippen LogP contribution is -2.54. The number of H-pyrrole nitrogens is 2. The average molecular weight is 729 g/mol. The molecular weight excluding hydrogens is 684 g/mol. The second kappa shape index (κ2) is 17.6. The van der Waals surface area contributed by atoms with Gasteiger partial charge in [0.15, 0.2) is 0 Å². The van der Waals surface area contributed by atoms with Crippen molar-refractivity contribution in [1.29, 1.82) is 0 Å². The summed E-state index contributed by atoms with van der Waals surface area (Å²) in [4.78, 5) is 69.0. The zero-order chi connectivity index (χ0) is 38.1. The summed E-state index contributed by atoms with van der Waals surface area (Å²) in [6.45, 7) is 4.34. The molecule has 2 aliphatic heterocycles. The van der Waals surface area contributed by atoms with Gasteiger partial charge in [0.1, 0.15) is 35.2 Å². The number of aromatic nitrogens is 4. The highest BCUT2D eigenvalue weighted by atomic mass is 16.6. The van der Waals surface area contributed by atoms with Crippen LogP contribution in [0.4, 0.5) is 9.59 Å². The molecule has 3 aromatic rings. The molecule has 0 bridgehead atoms. The Morgan fingerprint density at radius 2 is 1.28 bits per heavy atom. The molecule has 1 unspecified atom stereocenters. The summed E-state index contributed by atoms with van der Waals surface area (Å²) in [6.07, 6.45) is 2.15. The van der Waals surface area contributed by atoms with Gasteiger partial charge in [-0.25, -0.2) is 19.6 Å². The molecule has 16 heteroatoms. The van der Waals surface area contributed by atoms with Crippen molar-refractivity contribution in [2.45, 2.75) is 76.0 Å². The maximum absolute atomic E-state index is 13.5. The minimum absolute atomic E-state index is 0.278. The Bertz CT molecular complexity index is 1900. The van der Waals surface area contributed by atoms with E-state index >= 15 is 0 Å². The molecule has 2 aliphatic rings. The number of methoxy groups -OCH3 is 3. The van der Waals surface area contributed by atoms with E-state index in [9.17, 15) is 19.2 Å². The van der Waals surface area contributed by atoms with Crippen molar-refractivity contribution in [2.24, 2.45) is 5.73 Å². The SMILES string of the molecule is COC(=O)N[C@H](C(=O)N1CCC[C@H]1c1nc(C#Cc2ccc(C#Cc3c[nH]c([C@@H]4CCCN4C(=O)[C@@H](OC(N)=O)[C@@H](C)OC)n3)cc2)c[nH]1)C(C)OC. The van der Waals surface area contributed by atoms with Crippen LogP contribution in [0.15, 0.2) is 36.7 Å². The van der Waals surface area contributed by atoms with Crippen LogP contribution in [-0.4, -0.2) is 113 Å². The van der Waals surface area contributed by atoms with E-state index in [1.807, 2.05) is 24.3 Å². The third kappa shape index (κ3) is 9.34. The number of ether oxygens (including phenoxy) is 4. The number of alkyl carbamates (subject to hydrolysis) is 1. The second-order valence-corrected chi connectivity index (χ2v) is 12.7. The summed E-state index contributed by atoms with van der Waals surface area (Å²) in [5.41, 5.74) is 7.76. The molecule has 2 aromatic heterocycles. The third-order valence-electron chi connectivity index (χ3n) is 9.30. The van der Waals surface area contributed by atoms with E-state index in [0.29, 0.717) is 49.0 Å². The van der Waals surface area contributed by atoms with Gasteiger partial charge >= 0.3 is 12.2 Å². The number of amides is 4. The lowest BCUT2D eigenvalue weighted by Gasteiger charge is -2.30. The lowest BCUT2D eigenvalue weighted by molar-refractivity contribution is -0.148. The summed E-state index contributed by atoms with van der Waals surface area (Å²) in [6, 6.07) is 5.88. The van der Waals surface area contributed by atoms with E-state index in [1.54, 1.807) is 36.0 Å². The molecule has 2 saturated heterocycles. The summed E-state index contributed by atoms with van der Waals surface area (Å²) >= 11 is 0. The monoisotopic (exact) mass is 728 g/mol. The number of nitrogens with zero attached hydrogens (tertiary/aromatic N) is 4. The van der Waals surface area contributed by atoms with Gasteiger partial charge in [-0.2, -0.15) is 0 Å². The van der Waals surface area contributed by atoms with Crippen molar-refractivity contribution in [3.63, 3.8) is 0 Å². The Morgan fingerprint density at radius 3 is 1.74 bits per heavy atom. The highest BCUT2D eigenvalue weighted by Crippen LogP contribution is 2.32. The number of primary amides is 1. The minimum atomic E-state index is -1.17. The minimum Gasteiger partial charge on any atom is -0.453 e. The van der Waals surface area contributed by atoms with Crippen molar-refractivity contribution in [2.75, 3.05) is 34.4 Å². The Kier molecular flexibility index (Phi) is 12.7. The number of benzene rings is 1. The smallest absolute Gasteiger partial charge is 0.407 e. The first-order valence-corrected chi connectivity index (χ1v) is 17.2. The maximum atomic E-state index is 13.5. The summed E-state index contributed by atoms with van der Waals surface area (Å²) in [5, 5.41) is 2.58. The van der Waals surface area contributed by atoms with Crippen LogP contribution in [0, 0.1) is 23.7 Å². The second-order valence-electron chi connectivity index (χ2n) is 12.7. The fraction of sp³-hybridized carbons (Fsp3) is 0.459. The topological polar surface area (TPSA) is 207 Å². The molecule has 6 atom stereocenters. The molecule has 4 amide bonds. The number of nitrogens with one attached hydrogen (secondary N) is 3. The van der Waals surface area contributed by atoms with Crippen LogP contribution >= 0.6 is 0 Å². The van der Waals surface area contributed by atoms with Crippen molar-refractivity contribution in [3.05, 3.63) is 70.8 Å². The van der Waals surface area contributed by atoms with Crippen molar-refractivity contribution in [3.8, 4) is 23.7 Å². The van der Waals surface area contributed by atoms with E-state index in [4.69, 9.17) is 24.7 Å². The molecule has 280 valence electrons. The van der Waals surface area contributed by atoms with Crippen LogP contribution in [0.3, 0.4) is 0 Å². The zero-order valence-electron chi connectivity index (χ0n) is 30.3. The number of hydrogen-bond donors (Lipinski definition) is 4. The van der Waals surface area contributed by atoms with Gasteiger partial charge in [-0.1, -0.05) is 11.8 Å². The Balaban J connectivity index is 1.21. The summed E-state index contributed by atoms with van der Waals surface area (Å²) in [7, 11) is 4.15. The highest BCUT2D eigenvalue weighted by Gasteiger charge is 2.40. The molecule has 5 rings (SSSR count). The zero-order valence-corrected chi connectivity index (χ0v) is 30.3. The Labute approximate surface area is 307 Å². The lowest BCUT2D eigenvalue weighted by atomic mass is 10.1. The van der Waals surface area contributed by atoms with Crippen molar-refractivity contribution < 1.29 is 38.1 Å². The Hall–Kier alpha value is -5.84. The first-order valence-electron chi connectivity index (χ1n) is 17.2. The van der Waals surface area contributed by atoms with E-state index in [0.717, 1.165) is 24.0 Å². The summed E-state index contributed by atoms with van der Waals surface area (Å²) in [5.74, 6) is 12.9. The van der Waals surface area contributed by atoms with Gasteiger partial charge in [0, 0.05) is 50.8 Å².